The number of pyridine rings is 1. The first-order valence-corrected chi connectivity index (χ1v) is 4.14. The number of aliphatic hydroxyl groups is 1. The number of hydrogen-bond donors (Lipinski definition) is 2. The van der Waals surface area contributed by atoms with Crippen LogP contribution in [0.1, 0.15) is 5.69 Å². The SMILES string of the molecule is OC1(c2ccc(Cl)cn2)CNC1. The molecule has 1 aliphatic rings. The van der Waals surface area contributed by atoms with Gasteiger partial charge in [-0.15, -0.1) is 0 Å². The van der Waals surface area contributed by atoms with Crippen LogP contribution in [0.25, 0.3) is 0 Å². The van der Waals surface area contributed by atoms with Gasteiger partial charge in [-0.2, -0.15) is 0 Å². The van der Waals surface area contributed by atoms with Gasteiger partial charge in [0, 0.05) is 19.3 Å². The van der Waals surface area contributed by atoms with E-state index in [1.54, 1.807) is 18.3 Å². The van der Waals surface area contributed by atoms with Crippen LogP contribution in [0, 0.1) is 0 Å². The highest BCUT2D eigenvalue weighted by molar-refractivity contribution is 6.30. The maximum absolute atomic E-state index is 9.80. The summed E-state index contributed by atoms with van der Waals surface area (Å²) in [4.78, 5) is 4.05. The van der Waals surface area contributed by atoms with Crippen LogP contribution in [0.2, 0.25) is 5.02 Å². The van der Waals surface area contributed by atoms with Crippen LogP contribution in [-0.4, -0.2) is 23.2 Å². The van der Waals surface area contributed by atoms with Crippen molar-refractivity contribution in [1.82, 2.24) is 10.3 Å². The summed E-state index contributed by atoms with van der Waals surface area (Å²) in [5.74, 6) is 0. The smallest absolute Gasteiger partial charge is 0.131 e. The molecule has 2 N–H and O–H groups in total. The monoisotopic (exact) mass is 184 g/mol. The first-order chi connectivity index (χ1) is 5.71. The molecule has 0 bridgehead atoms. The van der Waals surface area contributed by atoms with Gasteiger partial charge < -0.3 is 10.4 Å². The van der Waals surface area contributed by atoms with Gasteiger partial charge in [0.15, 0.2) is 0 Å². The van der Waals surface area contributed by atoms with E-state index >= 15 is 0 Å². The Morgan fingerprint density at radius 1 is 1.50 bits per heavy atom. The third-order valence-corrected chi connectivity index (χ3v) is 2.26. The molecule has 1 aromatic heterocycles. The standard InChI is InChI=1S/C8H9ClN2O/c9-6-1-2-7(11-3-6)8(12)4-10-5-8/h1-3,10,12H,4-5H2. The molecular weight excluding hydrogens is 176 g/mol. The lowest BCUT2D eigenvalue weighted by Gasteiger charge is -2.36. The highest BCUT2D eigenvalue weighted by atomic mass is 35.5. The van der Waals surface area contributed by atoms with Gasteiger partial charge in [0.25, 0.3) is 0 Å². The summed E-state index contributed by atoms with van der Waals surface area (Å²) >= 11 is 5.66. The Kier molecular flexibility index (Phi) is 1.79. The Labute approximate surface area is 75.4 Å². The van der Waals surface area contributed by atoms with E-state index in [-0.39, 0.29) is 0 Å². The van der Waals surface area contributed by atoms with E-state index in [0.717, 1.165) is 0 Å². The fraction of sp³-hybridized carbons (Fsp3) is 0.375. The first kappa shape index (κ1) is 7.98. The van der Waals surface area contributed by atoms with Gasteiger partial charge in [-0.1, -0.05) is 11.6 Å². The lowest BCUT2D eigenvalue weighted by Crippen LogP contribution is -2.57. The molecule has 2 heterocycles. The quantitative estimate of drug-likeness (QED) is 0.669. The lowest BCUT2D eigenvalue weighted by molar-refractivity contribution is -0.0185. The second-order valence-corrected chi connectivity index (χ2v) is 3.43. The van der Waals surface area contributed by atoms with Crippen LogP contribution in [0.4, 0.5) is 0 Å². The maximum atomic E-state index is 9.80. The van der Waals surface area contributed by atoms with E-state index in [4.69, 9.17) is 11.6 Å². The summed E-state index contributed by atoms with van der Waals surface area (Å²) in [6.45, 7) is 1.14. The molecule has 1 saturated heterocycles. The van der Waals surface area contributed by atoms with Crippen LogP contribution < -0.4 is 5.32 Å². The average Bonchev–Trinajstić information content (AvgIpc) is 2.02. The van der Waals surface area contributed by atoms with Crippen LogP contribution >= 0.6 is 11.6 Å². The number of nitrogens with one attached hydrogen (secondary N) is 1. The summed E-state index contributed by atoms with van der Waals surface area (Å²) in [6, 6.07) is 3.49. The molecule has 0 saturated carbocycles. The molecule has 1 aliphatic heterocycles. The molecule has 1 aromatic rings. The Morgan fingerprint density at radius 3 is 2.67 bits per heavy atom. The van der Waals surface area contributed by atoms with Crippen molar-refractivity contribution in [2.75, 3.05) is 13.1 Å². The molecule has 2 rings (SSSR count). The zero-order valence-electron chi connectivity index (χ0n) is 6.42. The summed E-state index contributed by atoms with van der Waals surface area (Å²) in [5, 5.41) is 13.4. The van der Waals surface area contributed by atoms with Crippen molar-refractivity contribution in [2.24, 2.45) is 0 Å². The summed E-state index contributed by atoms with van der Waals surface area (Å²) < 4.78 is 0. The van der Waals surface area contributed by atoms with Crippen molar-refractivity contribution in [3.05, 3.63) is 29.0 Å². The van der Waals surface area contributed by atoms with Gasteiger partial charge >= 0.3 is 0 Å². The van der Waals surface area contributed by atoms with Gasteiger partial charge in [0.05, 0.1) is 10.7 Å². The molecule has 0 atom stereocenters. The van der Waals surface area contributed by atoms with Crippen molar-refractivity contribution in [1.29, 1.82) is 0 Å². The Bertz CT molecular complexity index is 282. The Balaban J connectivity index is 2.28. The summed E-state index contributed by atoms with van der Waals surface area (Å²) in [5.41, 5.74) is -0.0874. The molecule has 1 fully saturated rings. The van der Waals surface area contributed by atoms with E-state index in [1.807, 2.05) is 0 Å². The number of halogens is 1. The van der Waals surface area contributed by atoms with Crippen LogP contribution in [-0.2, 0) is 5.60 Å². The molecular formula is C8H9ClN2O. The largest absolute Gasteiger partial charge is 0.381 e. The number of β-amino-alcohol motifs (C(OH)–C–C–N with tert-alkyl or cyclic N) is 1. The van der Waals surface area contributed by atoms with Gasteiger partial charge in [-0.25, -0.2) is 0 Å². The molecule has 64 valence electrons. The number of nitrogens with zero attached hydrogens (tertiary/aromatic N) is 1. The van der Waals surface area contributed by atoms with E-state index < -0.39 is 5.60 Å². The van der Waals surface area contributed by atoms with Gasteiger partial charge in [0.1, 0.15) is 5.60 Å². The van der Waals surface area contributed by atoms with Crippen molar-refractivity contribution in [3.63, 3.8) is 0 Å². The summed E-state index contributed by atoms with van der Waals surface area (Å²) in [7, 11) is 0. The zero-order chi connectivity index (χ0) is 8.60. The predicted molar refractivity (Wildman–Crippen MR) is 46.0 cm³/mol. The Morgan fingerprint density at radius 2 is 2.25 bits per heavy atom. The minimum absolute atomic E-state index is 0.571. The average molecular weight is 185 g/mol. The topological polar surface area (TPSA) is 45.2 Å². The molecule has 3 nitrogen and oxygen atoms in total. The van der Waals surface area contributed by atoms with Crippen molar-refractivity contribution < 1.29 is 5.11 Å². The van der Waals surface area contributed by atoms with E-state index in [1.165, 1.54) is 0 Å². The number of rotatable bonds is 1. The third-order valence-electron chi connectivity index (χ3n) is 2.04. The molecule has 0 radical (unpaired) electrons. The second kappa shape index (κ2) is 2.69. The fourth-order valence-corrected chi connectivity index (χ4v) is 1.31. The van der Waals surface area contributed by atoms with Crippen molar-refractivity contribution in [3.8, 4) is 0 Å². The Hall–Kier alpha value is -0.640. The summed E-state index contributed by atoms with van der Waals surface area (Å²) in [6.07, 6.45) is 1.55. The molecule has 4 heteroatoms. The van der Waals surface area contributed by atoms with Gasteiger partial charge in [0.2, 0.25) is 0 Å². The molecule has 0 unspecified atom stereocenters. The predicted octanol–water partition coefficient (Wildman–Crippen LogP) is 0.526. The second-order valence-electron chi connectivity index (χ2n) is 3.00. The van der Waals surface area contributed by atoms with E-state index in [9.17, 15) is 5.11 Å². The third kappa shape index (κ3) is 1.20. The van der Waals surface area contributed by atoms with Crippen LogP contribution in [0.5, 0.6) is 0 Å². The highest BCUT2D eigenvalue weighted by Gasteiger charge is 2.37. The minimum atomic E-state index is -0.773. The van der Waals surface area contributed by atoms with Gasteiger partial charge in [-0.3, -0.25) is 4.98 Å². The van der Waals surface area contributed by atoms with Crippen LogP contribution in [0.15, 0.2) is 18.3 Å². The zero-order valence-corrected chi connectivity index (χ0v) is 7.17. The van der Waals surface area contributed by atoms with E-state index in [2.05, 4.69) is 10.3 Å². The molecule has 0 aromatic carbocycles. The number of hydrogen-bond acceptors (Lipinski definition) is 3. The molecule has 12 heavy (non-hydrogen) atoms. The lowest BCUT2D eigenvalue weighted by atomic mass is 9.93. The fourth-order valence-electron chi connectivity index (χ4n) is 1.19. The molecule has 0 spiro atoms. The van der Waals surface area contributed by atoms with E-state index in [0.29, 0.717) is 23.8 Å². The molecule has 0 aliphatic carbocycles. The molecule has 0 amide bonds. The normalized spacial score (nSPS) is 20.2. The maximum Gasteiger partial charge on any atom is 0.131 e. The first-order valence-electron chi connectivity index (χ1n) is 3.76. The number of aromatic nitrogens is 1. The van der Waals surface area contributed by atoms with Gasteiger partial charge in [-0.05, 0) is 12.1 Å². The van der Waals surface area contributed by atoms with Crippen LogP contribution in [0.3, 0.4) is 0 Å². The van der Waals surface area contributed by atoms with Crippen molar-refractivity contribution in [2.45, 2.75) is 5.60 Å². The van der Waals surface area contributed by atoms with Crippen molar-refractivity contribution >= 4 is 11.6 Å². The minimum Gasteiger partial charge on any atom is -0.381 e. The highest BCUT2D eigenvalue weighted by Crippen LogP contribution is 2.23.